The Balaban J connectivity index is 0.000000217. The Hall–Kier alpha value is -5.99. The van der Waals surface area contributed by atoms with Crippen LogP contribution >= 0.6 is 0 Å². The number of rotatable bonds is 5. The van der Waals surface area contributed by atoms with Gasteiger partial charge in [0.25, 0.3) is 5.56 Å². The number of nitrogens with one attached hydrogen (secondary N) is 2. The van der Waals surface area contributed by atoms with Gasteiger partial charge in [0.2, 0.25) is 5.91 Å². The number of hydrogen-bond donors (Lipinski definition) is 3. The van der Waals surface area contributed by atoms with Gasteiger partial charge in [-0.15, -0.1) is 0 Å². The van der Waals surface area contributed by atoms with E-state index in [-0.39, 0.29) is 64.0 Å². The van der Waals surface area contributed by atoms with Crippen molar-refractivity contribution < 1.29 is 27.5 Å². The molecule has 316 valence electrons. The monoisotopic (exact) mass is 826 g/mol. The number of fused-ring (bicyclic) bond motifs is 2. The zero-order chi connectivity index (χ0) is 42.7. The Kier molecular flexibility index (Phi) is 12.4. The lowest BCUT2D eigenvalue weighted by Crippen LogP contribution is -2.49. The maximum atomic E-state index is 15.7. The summed E-state index contributed by atoms with van der Waals surface area (Å²) in [6.45, 7) is 6.61. The number of amides is 3. The fourth-order valence-electron chi connectivity index (χ4n) is 8.79. The molecule has 17 heteroatoms. The van der Waals surface area contributed by atoms with Crippen LogP contribution in [-0.4, -0.2) is 74.1 Å². The predicted molar refractivity (Wildman–Crippen MR) is 222 cm³/mol. The number of carbonyl (C=O) groups is 2. The number of aromatic nitrogens is 4. The van der Waals surface area contributed by atoms with Gasteiger partial charge >= 0.3 is 6.03 Å². The van der Waals surface area contributed by atoms with Crippen LogP contribution in [0.1, 0.15) is 83.2 Å². The second kappa shape index (κ2) is 17.7. The number of nitriles is 1. The first-order valence-electron chi connectivity index (χ1n) is 20.5. The first-order valence-corrected chi connectivity index (χ1v) is 20.5. The molecule has 14 nitrogen and oxygen atoms in total. The molecule has 5 heterocycles. The number of anilines is 4. The molecule has 4 aliphatic rings. The zero-order valence-electron chi connectivity index (χ0n) is 33.9. The Morgan fingerprint density at radius 1 is 0.983 bits per heavy atom. The van der Waals surface area contributed by atoms with Gasteiger partial charge in [-0.3, -0.25) is 29.1 Å². The minimum atomic E-state index is -0.862. The van der Waals surface area contributed by atoms with E-state index in [1.165, 1.54) is 78.2 Å². The van der Waals surface area contributed by atoms with Gasteiger partial charge in [0, 0.05) is 44.5 Å². The van der Waals surface area contributed by atoms with Crippen molar-refractivity contribution in [2.45, 2.75) is 89.3 Å². The van der Waals surface area contributed by atoms with Gasteiger partial charge < -0.3 is 20.7 Å². The van der Waals surface area contributed by atoms with Gasteiger partial charge in [0.15, 0.2) is 11.6 Å². The number of imide groups is 1. The third-order valence-corrected chi connectivity index (χ3v) is 11.9. The largest absolute Gasteiger partial charge is 0.398 e. The highest BCUT2D eigenvalue weighted by atomic mass is 19.1. The van der Waals surface area contributed by atoms with Gasteiger partial charge in [0.1, 0.15) is 28.7 Å². The fraction of sp³-hybridized carbons (Fsp3) is 0.442. The minimum absolute atomic E-state index is 0.0614. The van der Waals surface area contributed by atoms with Crippen molar-refractivity contribution in [1.82, 2.24) is 29.5 Å². The van der Waals surface area contributed by atoms with Crippen molar-refractivity contribution in [3.8, 4) is 6.07 Å². The highest BCUT2D eigenvalue weighted by molar-refractivity contribution is 6.08. The van der Waals surface area contributed by atoms with Crippen LogP contribution in [-0.2, 0) is 16.6 Å². The third kappa shape index (κ3) is 8.26. The van der Waals surface area contributed by atoms with Gasteiger partial charge in [-0.25, -0.2) is 22.9 Å². The number of urea groups is 1. The Bertz CT molecular complexity index is 2520. The number of nitrogens with zero attached hydrogens (tertiary/aromatic N) is 7. The standard InChI is InChI=1S/C29H32F2N6O2.C12H11FN4O2.C2H6/c30-21-6-7-22(33)20(15-32)27(21)35-24-9-8-23-25(26(24)31)28(38)37(17-34-23)19-14-29(39-16-19)10-12-36(13-11-29)18-4-2-1-3-5-18;1-16-9-3-2-7(13)6-8(9)11(15-16)17-5-4-10(18)14-12(17)19;1-2/h6-9,17-19,35H,1-5,10-14,16,33H2;2-3,6H,4-5H2,1H3,(H,14,18,19);1-2H3. The summed E-state index contributed by atoms with van der Waals surface area (Å²) in [5.74, 6) is -1.96. The molecule has 3 aliphatic heterocycles. The number of hydrogen-bond acceptors (Lipinski definition) is 10. The summed E-state index contributed by atoms with van der Waals surface area (Å²) in [6, 6.07) is 11.3. The van der Waals surface area contributed by atoms with E-state index >= 15 is 4.39 Å². The molecule has 1 unspecified atom stereocenters. The number of benzene rings is 3. The zero-order valence-corrected chi connectivity index (χ0v) is 33.9. The quantitative estimate of drug-likeness (QED) is 0.154. The third-order valence-electron chi connectivity index (χ3n) is 11.9. The SMILES string of the molecule is CC.Cn1nc(N2CCC(=O)NC2=O)c2cc(F)ccc21.N#Cc1c(N)ccc(F)c1Nc1ccc2ncn(C3COC4(CCN(C5CCCCC5)CC4)C3)c(=O)c2c1F. The highest BCUT2D eigenvalue weighted by Crippen LogP contribution is 2.42. The van der Waals surface area contributed by atoms with Crippen molar-refractivity contribution in [3.05, 3.63) is 82.2 Å². The van der Waals surface area contributed by atoms with Crippen LogP contribution in [0.15, 0.2) is 53.6 Å². The van der Waals surface area contributed by atoms with Gasteiger partial charge in [0.05, 0.1) is 52.7 Å². The van der Waals surface area contributed by atoms with Crippen LogP contribution in [0.5, 0.6) is 0 Å². The molecular weight excluding hydrogens is 778 g/mol. The summed E-state index contributed by atoms with van der Waals surface area (Å²) in [7, 11) is 1.72. The second-order valence-electron chi connectivity index (χ2n) is 15.4. The molecule has 0 radical (unpaired) electrons. The lowest BCUT2D eigenvalue weighted by atomic mass is 9.85. The van der Waals surface area contributed by atoms with Crippen LogP contribution in [0, 0.1) is 28.8 Å². The molecule has 1 saturated carbocycles. The number of nitrogen functional groups attached to an aromatic ring is 1. The van der Waals surface area contributed by atoms with Crippen molar-refractivity contribution >= 4 is 56.6 Å². The maximum absolute atomic E-state index is 15.7. The number of piperidine rings is 1. The molecule has 1 atom stereocenters. The maximum Gasteiger partial charge on any atom is 0.329 e. The lowest BCUT2D eigenvalue weighted by Gasteiger charge is -2.43. The number of carbonyl (C=O) groups excluding carboxylic acids is 2. The Morgan fingerprint density at radius 2 is 1.73 bits per heavy atom. The summed E-state index contributed by atoms with van der Waals surface area (Å²) in [5.41, 5.74) is 5.47. The summed E-state index contributed by atoms with van der Waals surface area (Å²) in [5, 5.41) is 18.9. The van der Waals surface area contributed by atoms with E-state index in [0.717, 1.165) is 37.5 Å². The molecule has 60 heavy (non-hydrogen) atoms. The van der Waals surface area contributed by atoms with E-state index in [9.17, 15) is 28.4 Å². The molecule has 3 saturated heterocycles. The molecule has 5 aromatic rings. The van der Waals surface area contributed by atoms with Crippen LogP contribution in [0.2, 0.25) is 0 Å². The number of halogens is 3. The highest BCUT2D eigenvalue weighted by Gasteiger charge is 2.44. The van der Waals surface area contributed by atoms with E-state index in [0.29, 0.717) is 30.3 Å². The number of likely N-dealkylation sites (tertiary alicyclic amines) is 1. The van der Waals surface area contributed by atoms with Gasteiger partial charge in [-0.2, -0.15) is 10.4 Å². The molecule has 4 N–H and O–H groups in total. The summed E-state index contributed by atoms with van der Waals surface area (Å²) < 4.78 is 53.0. The van der Waals surface area contributed by atoms with Crippen molar-refractivity contribution in [2.75, 3.05) is 42.2 Å². The Morgan fingerprint density at radius 3 is 2.45 bits per heavy atom. The molecule has 3 amide bonds. The lowest BCUT2D eigenvalue weighted by molar-refractivity contribution is -0.120. The Labute approximate surface area is 345 Å². The molecule has 3 aromatic carbocycles. The second-order valence-corrected chi connectivity index (χ2v) is 15.4. The molecule has 4 fully saturated rings. The normalized spacial score (nSPS) is 19.4. The fourth-order valence-corrected chi connectivity index (χ4v) is 8.79. The first kappa shape index (κ1) is 42.1. The molecule has 0 bridgehead atoms. The van der Waals surface area contributed by atoms with Crippen molar-refractivity contribution in [1.29, 1.82) is 5.26 Å². The summed E-state index contributed by atoms with van der Waals surface area (Å²) in [4.78, 5) is 44.8. The smallest absolute Gasteiger partial charge is 0.329 e. The number of aryl methyl sites for hydroxylation is 1. The van der Waals surface area contributed by atoms with E-state index in [2.05, 4.69) is 25.6 Å². The minimum Gasteiger partial charge on any atom is -0.398 e. The number of ether oxygens (including phenoxy) is 1. The van der Waals surface area contributed by atoms with E-state index in [1.807, 2.05) is 19.9 Å². The van der Waals surface area contributed by atoms with E-state index in [1.54, 1.807) is 17.8 Å². The predicted octanol–water partition coefficient (Wildman–Crippen LogP) is 7.19. The van der Waals surface area contributed by atoms with Crippen molar-refractivity contribution in [3.63, 3.8) is 0 Å². The van der Waals surface area contributed by atoms with Crippen LogP contribution in [0.25, 0.3) is 21.8 Å². The number of nitrogens with two attached hydrogens (primary N) is 1. The van der Waals surface area contributed by atoms with Crippen LogP contribution in [0.4, 0.5) is 40.8 Å². The van der Waals surface area contributed by atoms with E-state index in [4.69, 9.17) is 10.5 Å². The molecular formula is C43H49F3N10O4. The summed E-state index contributed by atoms with van der Waals surface area (Å²) in [6.07, 6.45) is 10.7. The van der Waals surface area contributed by atoms with Crippen molar-refractivity contribution in [2.24, 2.45) is 7.05 Å². The van der Waals surface area contributed by atoms with Crippen LogP contribution in [0.3, 0.4) is 0 Å². The topological polar surface area (TPSA) is 176 Å². The average Bonchev–Trinajstić information content (AvgIpc) is 3.81. The van der Waals surface area contributed by atoms with E-state index < -0.39 is 29.0 Å². The molecule has 1 spiro atoms. The molecule has 2 aromatic heterocycles. The van der Waals surface area contributed by atoms with Gasteiger partial charge in [-0.05, 0) is 74.6 Å². The first-order chi connectivity index (χ1) is 28.9. The average molecular weight is 827 g/mol. The summed E-state index contributed by atoms with van der Waals surface area (Å²) >= 11 is 0. The molecule has 1 aliphatic carbocycles. The molecule has 9 rings (SSSR count). The van der Waals surface area contributed by atoms with Gasteiger partial charge in [-0.1, -0.05) is 33.1 Å². The van der Waals surface area contributed by atoms with Crippen LogP contribution < -0.4 is 26.8 Å².